The average Bonchev–Trinajstić information content (AvgIpc) is 3.03. The van der Waals surface area contributed by atoms with Crippen LogP contribution in [-0.2, 0) is 6.54 Å². The Morgan fingerprint density at radius 2 is 2.16 bits per heavy atom. The second-order valence-corrected chi connectivity index (χ2v) is 5.81. The van der Waals surface area contributed by atoms with Gasteiger partial charge < -0.3 is 10.6 Å². The van der Waals surface area contributed by atoms with Crippen LogP contribution in [0.3, 0.4) is 0 Å². The largest absolute Gasteiger partial charge is 0.370 e. The highest BCUT2D eigenvalue weighted by Gasteiger charge is 2.28. The zero-order valence-corrected chi connectivity index (χ0v) is 11.7. The Morgan fingerprint density at radius 1 is 1.32 bits per heavy atom. The SMILES string of the molecule is Cc1ccccc1C1CN=C(N)N1Cc1cccs1. The predicted octanol–water partition coefficient (Wildman–Crippen LogP) is 2.93. The predicted molar refractivity (Wildman–Crippen MR) is 80.3 cm³/mol. The number of aryl methyl sites for hydroxylation is 1. The van der Waals surface area contributed by atoms with Gasteiger partial charge in [0.25, 0.3) is 0 Å². The van der Waals surface area contributed by atoms with Crippen LogP contribution < -0.4 is 5.73 Å². The molecule has 1 aliphatic heterocycles. The Kier molecular flexibility index (Phi) is 3.25. The van der Waals surface area contributed by atoms with Crippen molar-refractivity contribution in [2.75, 3.05) is 6.54 Å². The number of benzene rings is 1. The van der Waals surface area contributed by atoms with Crippen LogP contribution in [0.1, 0.15) is 22.0 Å². The van der Waals surface area contributed by atoms with Gasteiger partial charge in [0.2, 0.25) is 0 Å². The van der Waals surface area contributed by atoms with Crippen LogP contribution in [0.5, 0.6) is 0 Å². The molecule has 3 nitrogen and oxygen atoms in total. The summed E-state index contributed by atoms with van der Waals surface area (Å²) in [7, 11) is 0. The standard InChI is InChI=1S/C15H17N3S/c1-11-5-2-3-7-13(11)14-9-17-15(16)18(14)10-12-6-4-8-19-12/h2-8,14H,9-10H2,1H3,(H2,16,17). The molecule has 1 aromatic heterocycles. The molecule has 0 amide bonds. The number of hydrogen-bond acceptors (Lipinski definition) is 4. The van der Waals surface area contributed by atoms with Crippen LogP contribution in [-0.4, -0.2) is 17.4 Å². The fourth-order valence-electron chi connectivity index (χ4n) is 2.52. The zero-order chi connectivity index (χ0) is 13.2. The van der Waals surface area contributed by atoms with Crippen molar-refractivity contribution in [1.82, 2.24) is 4.90 Å². The minimum atomic E-state index is 0.267. The smallest absolute Gasteiger partial charge is 0.192 e. The maximum atomic E-state index is 6.05. The highest BCUT2D eigenvalue weighted by Crippen LogP contribution is 2.29. The molecule has 4 heteroatoms. The maximum Gasteiger partial charge on any atom is 0.192 e. The molecular formula is C15H17N3S. The van der Waals surface area contributed by atoms with E-state index < -0.39 is 0 Å². The van der Waals surface area contributed by atoms with Crippen molar-refractivity contribution in [2.45, 2.75) is 19.5 Å². The maximum absolute atomic E-state index is 6.05. The van der Waals surface area contributed by atoms with E-state index in [-0.39, 0.29) is 6.04 Å². The second-order valence-electron chi connectivity index (χ2n) is 4.78. The molecule has 2 heterocycles. The molecule has 0 spiro atoms. The lowest BCUT2D eigenvalue weighted by Gasteiger charge is -2.27. The number of rotatable bonds is 3. The Hall–Kier alpha value is -1.81. The molecule has 1 atom stereocenters. The van der Waals surface area contributed by atoms with Crippen molar-refractivity contribution in [3.05, 3.63) is 57.8 Å². The third-order valence-electron chi connectivity index (χ3n) is 3.55. The van der Waals surface area contributed by atoms with Crippen molar-refractivity contribution in [3.8, 4) is 0 Å². The molecule has 1 unspecified atom stereocenters. The van der Waals surface area contributed by atoms with Gasteiger partial charge in [-0.1, -0.05) is 30.3 Å². The first kappa shape index (κ1) is 12.2. The normalized spacial score (nSPS) is 18.7. The number of nitrogens with two attached hydrogens (primary N) is 1. The van der Waals surface area contributed by atoms with E-state index in [1.54, 1.807) is 11.3 Å². The number of guanidine groups is 1. The molecule has 0 fully saturated rings. The zero-order valence-electron chi connectivity index (χ0n) is 10.9. The van der Waals surface area contributed by atoms with Gasteiger partial charge in [-0.2, -0.15) is 0 Å². The van der Waals surface area contributed by atoms with Gasteiger partial charge in [-0.3, -0.25) is 4.99 Å². The molecule has 1 aromatic carbocycles. The molecule has 3 rings (SSSR count). The van der Waals surface area contributed by atoms with Crippen LogP contribution in [0.25, 0.3) is 0 Å². The van der Waals surface area contributed by atoms with E-state index in [1.807, 2.05) is 0 Å². The fraction of sp³-hybridized carbons (Fsp3) is 0.267. The molecule has 0 aliphatic carbocycles. The summed E-state index contributed by atoms with van der Waals surface area (Å²) in [5.41, 5.74) is 8.68. The summed E-state index contributed by atoms with van der Waals surface area (Å²) in [6, 6.07) is 13.0. The topological polar surface area (TPSA) is 41.6 Å². The molecule has 1 aliphatic rings. The van der Waals surface area contributed by atoms with E-state index in [0.717, 1.165) is 13.1 Å². The van der Waals surface area contributed by atoms with E-state index in [4.69, 9.17) is 5.73 Å². The van der Waals surface area contributed by atoms with Crippen LogP contribution >= 0.6 is 11.3 Å². The molecule has 2 N–H and O–H groups in total. The number of hydrogen-bond donors (Lipinski definition) is 1. The van der Waals surface area contributed by atoms with Crippen molar-refractivity contribution in [3.63, 3.8) is 0 Å². The summed E-state index contributed by atoms with van der Waals surface area (Å²) in [5, 5.41) is 2.10. The van der Waals surface area contributed by atoms with Crippen molar-refractivity contribution >= 4 is 17.3 Å². The lowest BCUT2D eigenvalue weighted by molar-refractivity contribution is 0.342. The van der Waals surface area contributed by atoms with Gasteiger partial charge in [0.15, 0.2) is 5.96 Å². The first-order valence-corrected chi connectivity index (χ1v) is 7.28. The van der Waals surface area contributed by atoms with E-state index >= 15 is 0 Å². The monoisotopic (exact) mass is 271 g/mol. The number of nitrogens with zero attached hydrogens (tertiary/aromatic N) is 2. The summed E-state index contributed by atoms with van der Waals surface area (Å²) in [5.74, 6) is 0.654. The second kappa shape index (κ2) is 5.05. The summed E-state index contributed by atoms with van der Waals surface area (Å²) >= 11 is 1.76. The van der Waals surface area contributed by atoms with Gasteiger partial charge in [-0.15, -0.1) is 11.3 Å². The summed E-state index contributed by atoms with van der Waals surface area (Å²) < 4.78 is 0. The lowest BCUT2D eigenvalue weighted by atomic mass is 10.0. The quantitative estimate of drug-likeness (QED) is 0.932. The van der Waals surface area contributed by atoms with Crippen LogP contribution in [0.15, 0.2) is 46.8 Å². The van der Waals surface area contributed by atoms with Gasteiger partial charge in [0, 0.05) is 4.88 Å². The minimum absolute atomic E-state index is 0.267. The highest BCUT2D eigenvalue weighted by molar-refractivity contribution is 7.09. The Balaban J connectivity index is 1.88. The summed E-state index contributed by atoms with van der Waals surface area (Å²) in [6.07, 6.45) is 0. The van der Waals surface area contributed by atoms with Gasteiger partial charge >= 0.3 is 0 Å². The van der Waals surface area contributed by atoms with Crippen LogP contribution in [0, 0.1) is 6.92 Å². The van der Waals surface area contributed by atoms with E-state index in [0.29, 0.717) is 5.96 Å². The Bertz CT molecular complexity index is 589. The van der Waals surface area contributed by atoms with E-state index in [1.165, 1.54) is 16.0 Å². The van der Waals surface area contributed by atoms with Crippen molar-refractivity contribution in [2.24, 2.45) is 10.7 Å². The van der Waals surface area contributed by atoms with E-state index in [9.17, 15) is 0 Å². The number of aliphatic imine (C=N–C) groups is 1. The molecule has 0 saturated carbocycles. The molecular weight excluding hydrogens is 254 g/mol. The molecule has 0 radical (unpaired) electrons. The van der Waals surface area contributed by atoms with E-state index in [2.05, 4.69) is 58.6 Å². The van der Waals surface area contributed by atoms with Crippen molar-refractivity contribution < 1.29 is 0 Å². The van der Waals surface area contributed by atoms with Crippen LogP contribution in [0.4, 0.5) is 0 Å². The van der Waals surface area contributed by atoms with Crippen molar-refractivity contribution in [1.29, 1.82) is 0 Å². The molecule has 2 aromatic rings. The van der Waals surface area contributed by atoms with Gasteiger partial charge in [0.05, 0.1) is 19.1 Å². The molecule has 98 valence electrons. The molecule has 19 heavy (non-hydrogen) atoms. The van der Waals surface area contributed by atoms with Gasteiger partial charge in [-0.25, -0.2) is 0 Å². The Morgan fingerprint density at radius 3 is 2.89 bits per heavy atom. The highest BCUT2D eigenvalue weighted by atomic mass is 32.1. The third kappa shape index (κ3) is 2.36. The molecule has 0 bridgehead atoms. The summed E-state index contributed by atoms with van der Waals surface area (Å²) in [6.45, 7) is 3.74. The van der Waals surface area contributed by atoms with Gasteiger partial charge in [0.1, 0.15) is 0 Å². The third-order valence-corrected chi connectivity index (χ3v) is 4.41. The summed E-state index contributed by atoms with van der Waals surface area (Å²) in [4.78, 5) is 7.94. The first-order chi connectivity index (χ1) is 9.25. The average molecular weight is 271 g/mol. The van der Waals surface area contributed by atoms with Crippen LogP contribution in [0.2, 0.25) is 0 Å². The Labute approximate surface area is 117 Å². The minimum Gasteiger partial charge on any atom is -0.370 e. The number of thiophene rings is 1. The van der Waals surface area contributed by atoms with Gasteiger partial charge in [-0.05, 0) is 29.5 Å². The lowest BCUT2D eigenvalue weighted by Crippen LogP contribution is -2.35. The fourth-order valence-corrected chi connectivity index (χ4v) is 3.22. The molecule has 0 saturated heterocycles. The first-order valence-electron chi connectivity index (χ1n) is 6.40.